The van der Waals surface area contributed by atoms with Gasteiger partial charge in [0.15, 0.2) is 16.5 Å². The number of hydrogen-bond donors (Lipinski definition) is 3. The van der Waals surface area contributed by atoms with Crippen molar-refractivity contribution in [3.63, 3.8) is 0 Å². The predicted octanol–water partition coefficient (Wildman–Crippen LogP) is 2.07. The van der Waals surface area contributed by atoms with Crippen molar-refractivity contribution in [2.75, 3.05) is 23.3 Å². The van der Waals surface area contributed by atoms with E-state index in [-0.39, 0.29) is 6.04 Å². The molecule has 3 aromatic rings. The van der Waals surface area contributed by atoms with Crippen LogP contribution in [0.5, 0.6) is 0 Å². The summed E-state index contributed by atoms with van der Waals surface area (Å²) in [4.78, 5) is 15.3. The molecule has 0 saturated carbocycles. The third-order valence-electron chi connectivity index (χ3n) is 4.13. The molecule has 1 fully saturated rings. The fraction of sp³-hybridized carbons (Fsp3) is 0.333. The minimum absolute atomic E-state index is 0.281. The number of halogens is 1. The van der Waals surface area contributed by atoms with Crippen LogP contribution in [0.4, 0.5) is 17.3 Å². The first kappa shape index (κ1) is 15.1. The Balaban J connectivity index is 1.60. The number of aromatic amines is 1. The summed E-state index contributed by atoms with van der Waals surface area (Å²) in [5, 5.41) is 10.7. The highest BCUT2D eigenvalue weighted by Gasteiger charge is 2.19. The van der Waals surface area contributed by atoms with E-state index >= 15 is 0 Å². The van der Waals surface area contributed by atoms with Gasteiger partial charge in [-0.15, -0.1) is 0 Å². The quantitative estimate of drug-likeness (QED) is 0.624. The van der Waals surface area contributed by atoms with Crippen LogP contribution in [0.2, 0.25) is 5.15 Å². The second-order valence-electron chi connectivity index (χ2n) is 5.79. The smallest absolute Gasteiger partial charge is 0.203 e. The van der Waals surface area contributed by atoms with Crippen LogP contribution in [-0.2, 0) is 0 Å². The number of hydrogen-bond acceptors (Lipinski definition) is 7. The molecule has 0 unspecified atom stereocenters. The van der Waals surface area contributed by atoms with E-state index in [1.54, 1.807) is 18.5 Å². The Labute approximate surface area is 143 Å². The maximum atomic E-state index is 6.07. The fourth-order valence-corrected chi connectivity index (χ4v) is 2.94. The monoisotopic (exact) mass is 344 g/mol. The number of fused-ring (bicyclic) bond motifs is 1. The lowest BCUT2D eigenvalue weighted by molar-refractivity contribution is 0.498. The van der Waals surface area contributed by atoms with E-state index in [0.717, 1.165) is 31.7 Å². The first-order valence-corrected chi connectivity index (χ1v) is 8.17. The number of nitrogens with zero attached hydrogens (tertiary/aromatic N) is 5. The lowest BCUT2D eigenvalue weighted by atomic mass is 10.1. The molecule has 4 heterocycles. The Morgan fingerprint density at radius 2 is 2.12 bits per heavy atom. The Bertz CT molecular complexity index is 856. The van der Waals surface area contributed by atoms with Crippen LogP contribution in [0.1, 0.15) is 12.8 Å². The second kappa shape index (κ2) is 6.21. The van der Waals surface area contributed by atoms with Gasteiger partial charge in [-0.1, -0.05) is 11.6 Å². The lowest BCUT2D eigenvalue weighted by Crippen LogP contribution is -2.40. The van der Waals surface area contributed by atoms with E-state index in [1.807, 2.05) is 6.07 Å². The van der Waals surface area contributed by atoms with Crippen LogP contribution in [0, 0.1) is 0 Å². The molecule has 1 aliphatic heterocycles. The first-order chi connectivity index (χ1) is 11.7. The van der Waals surface area contributed by atoms with Crippen molar-refractivity contribution in [1.82, 2.24) is 25.1 Å². The summed E-state index contributed by atoms with van der Waals surface area (Å²) in [6.45, 7) is 1.78. The highest BCUT2D eigenvalue weighted by Crippen LogP contribution is 2.26. The van der Waals surface area contributed by atoms with E-state index < -0.39 is 0 Å². The minimum atomic E-state index is 0.281. The maximum absolute atomic E-state index is 6.07. The zero-order valence-corrected chi connectivity index (χ0v) is 13.7. The zero-order valence-electron chi connectivity index (χ0n) is 12.9. The van der Waals surface area contributed by atoms with Gasteiger partial charge in [0.25, 0.3) is 0 Å². The highest BCUT2D eigenvalue weighted by molar-refractivity contribution is 6.32. The summed E-state index contributed by atoms with van der Waals surface area (Å²) in [5.74, 6) is 1.46. The molecule has 0 aromatic carbocycles. The van der Waals surface area contributed by atoms with Crippen molar-refractivity contribution in [2.24, 2.45) is 5.73 Å². The van der Waals surface area contributed by atoms with Gasteiger partial charge in [-0.3, -0.25) is 5.10 Å². The molecule has 1 aliphatic rings. The van der Waals surface area contributed by atoms with E-state index in [0.29, 0.717) is 27.8 Å². The van der Waals surface area contributed by atoms with Crippen molar-refractivity contribution in [1.29, 1.82) is 0 Å². The maximum Gasteiger partial charge on any atom is 0.203 e. The average molecular weight is 345 g/mol. The number of aromatic nitrogens is 5. The molecule has 3 aromatic heterocycles. The third-order valence-corrected chi connectivity index (χ3v) is 4.44. The summed E-state index contributed by atoms with van der Waals surface area (Å²) >= 11 is 6.07. The molecule has 1 saturated heterocycles. The van der Waals surface area contributed by atoms with Crippen molar-refractivity contribution in [3.05, 3.63) is 29.7 Å². The molecule has 124 valence electrons. The number of nitrogens with two attached hydrogens (primary N) is 1. The molecule has 9 heteroatoms. The molecule has 4 N–H and O–H groups in total. The lowest BCUT2D eigenvalue weighted by Gasteiger charge is -2.30. The normalized spacial score (nSPS) is 15.8. The van der Waals surface area contributed by atoms with Crippen molar-refractivity contribution in [3.8, 4) is 0 Å². The Kier molecular flexibility index (Phi) is 3.91. The van der Waals surface area contributed by atoms with Gasteiger partial charge in [0.05, 0.1) is 11.9 Å². The number of nitrogens with one attached hydrogen (secondary N) is 2. The first-order valence-electron chi connectivity index (χ1n) is 7.80. The fourth-order valence-electron chi connectivity index (χ4n) is 2.77. The van der Waals surface area contributed by atoms with Crippen LogP contribution < -0.4 is 16.0 Å². The number of piperidine rings is 1. The Morgan fingerprint density at radius 1 is 1.29 bits per heavy atom. The Hall–Kier alpha value is -2.45. The van der Waals surface area contributed by atoms with Gasteiger partial charge in [-0.2, -0.15) is 5.10 Å². The van der Waals surface area contributed by atoms with Crippen LogP contribution in [0.15, 0.2) is 24.5 Å². The second-order valence-corrected chi connectivity index (χ2v) is 6.15. The standard InChI is InChI=1S/C15H17ClN8/c16-13-10(2-1-5-18-13)20-14-12-15(23-22-14)21-11(8-19-12)24-6-3-9(17)4-7-24/h1-2,5,8-9H,3-4,6-7,17H2,(H2,20,21,22,23). The summed E-state index contributed by atoms with van der Waals surface area (Å²) < 4.78 is 0. The van der Waals surface area contributed by atoms with Crippen molar-refractivity contribution >= 4 is 40.1 Å². The molecule has 24 heavy (non-hydrogen) atoms. The molecule has 8 nitrogen and oxygen atoms in total. The van der Waals surface area contributed by atoms with E-state index in [1.165, 1.54) is 0 Å². The molecule has 4 rings (SSSR count). The third kappa shape index (κ3) is 2.85. The molecule has 0 aliphatic carbocycles. The zero-order chi connectivity index (χ0) is 16.5. The SMILES string of the molecule is NC1CCN(c2cnc3c(Nc4cccnc4Cl)[nH]nc3n2)CC1. The molecular weight excluding hydrogens is 328 g/mol. The average Bonchev–Trinajstić information content (AvgIpc) is 3.00. The van der Waals surface area contributed by atoms with Gasteiger partial charge in [-0.05, 0) is 25.0 Å². The summed E-state index contributed by atoms with van der Waals surface area (Å²) in [6, 6.07) is 3.92. The summed E-state index contributed by atoms with van der Waals surface area (Å²) in [6.07, 6.45) is 5.33. The molecule has 0 bridgehead atoms. The van der Waals surface area contributed by atoms with Crippen LogP contribution in [0.25, 0.3) is 11.2 Å². The minimum Gasteiger partial charge on any atom is -0.355 e. The van der Waals surface area contributed by atoms with Crippen LogP contribution in [0.3, 0.4) is 0 Å². The van der Waals surface area contributed by atoms with Crippen molar-refractivity contribution < 1.29 is 0 Å². The molecule has 0 atom stereocenters. The molecular formula is C15H17ClN8. The summed E-state index contributed by atoms with van der Waals surface area (Å²) in [5.41, 5.74) is 7.85. The highest BCUT2D eigenvalue weighted by atomic mass is 35.5. The van der Waals surface area contributed by atoms with Gasteiger partial charge in [-0.25, -0.2) is 15.0 Å². The summed E-state index contributed by atoms with van der Waals surface area (Å²) in [7, 11) is 0. The van der Waals surface area contributed by atoms with Gasteiger partial charge in [0, 0.05) is 25.3 Å². The van der Waals surface area contributed by atoms with Crippen molar-refractivity contribution in [2.45, 2.75) is 18.9 Å². The predicted molar refractivity (Wildman–Crippen MR) is 93.6 cm³/mol. The van der Waals surface area contributed by atoms with Gasteiger partial charge in [0.2, 0.25) is 5.65 Å². The topological polar surface area (TPSA) is 109 Å². The van der Waals surface area contributed by atoms with E-state index in [2.05, 4.69) is 35.4 Å². The Morgan fingerprint density at radius 3 is 2.92 bits per heavy atom. The molecule has 0 amide bonds. The molecule has 0 radical (unpaired) electrons. The largest absolute Gasteiger partial charge is 0.355 e. The molecule has 0 spiro atoms. The van der Waals surface area contributed by atoms with Gasteiger partial charge in [0.1, 0.15) is 5.82 Å². The number of pyridine rings is 1. The van der Waals surface area contributed by atoms with Gasteiger partial charge < -0.3 is 16.0 Å². The van der Waals surface area contributed by atoms with E-state index in [4.69, 9.17) is 17.3 Å². The van der Waals surface area contributed by atoms with Crippen LogP contribution >= 0.6 is 11.6 Å². The number of rotatable bonds is 3. The number of H-pyrrole nitrogens is 1. The van der Waals surface area contributed by atoms with E-state index in [9.17, 15) is 0 Å². The van der Waals surface area contributed by atoms with Crippen LogP contribution in [-0.4, -0.2) is 44.3 Å². The number of anilines is 3. The van der Waals surface area contributed by atoms with Gasteiger partial charge >= 0.3 is 0 Å².